The Balaban J connectivity index is 3.30. The third-order valence-electron chi connectivity index (χ3n) is 2.98. The second-order valence-electron chi connectivity index (χ2n) is 4.66. The van der Waals surface area contributed by atoms with Gasteiger partial charge < -0.3 is 10.2 Å². The van der Waals surface area contributed by atoms with Crippen molar-refractivity contribution in [2.45, 2.75) is 32.6 Å². The highest BCUT2D eigenvalue weighted by Crippen LogP contribution is 2.26. The highest BCUT2D eigenvalue weighted by molar-refractivity contribution is 6.04. The normalized spacial score (nSPS) is 11.7. The van der Waals surface area contributed by atoms with Crippen LogP contribution in [0, 0.1) is 0 Å². The van der Waals surface area contributed by atoms with Gasteiger partial charge in [0, 0.05) is 12.8 Å². The molecule has 2 N–H and O–H groups in total. The van der Waals surface area contributed by atoms with Crippen LogP contribution in [0.15, 0.2) is 35.9 Å². The van der Waals surface area contributed by atoms with E-state index in [1.54, 1.807) is 30.3 Å². The molecule has 112 valence electrons. The Labute approximate surface area is 122 Å². The van der Waals surface area contributed by atoms with E-state index in [0.29, 0.717) is 18.4 Å². The van der Waals surface area contributed by atoms with Gasteiger partial charge in [-0.05, 0) is 17.6 Å². The first-order valence-electron chi connectivity index (χ1n) is 6.70. The van der Waals surface area contributed by atoms with E-state index >= 15 is 0 Å². The number of hydrogen-bond donors (Lipinski definition) is 2. The first-order valence-corrected chi connectivity index (χ1v) is 6.70. The maximum absolute atomic E-state index is 11.9. The molecular formula is C16H18O5. The van der Waals surface area contributed by atoms with E-state index in [2.05, 4.69) is 0 Å². The molecule has 0 aliphatic carbocycles. The van der Waals surface area contributed by atoms with Crippen molar-refractivity contribution in [3.63, 3.8) is 0 Å². The SMILES string of the molecule is CCCC(=O)CC(=C(CC(=O)O)C(=O)O)c1ccccc1. The summed E-state index contributed by atoms with van der Waals surface area (Å²) >= 11 is 0. The standard InChI is InChI=1S/C16H18O5/c1-2-6-12(17)9-13(11-7-4-3-5-8-11)14(16(20)21)10-15(18)19/h3-5,7-8H,2,6,9-10H2,1H3,(H,18,19)(H,20,21). The van der Waals surface area contributed by atoms with Gasteiger partial charge in [-0.2, -0.15) is 0 Å². The quantitative estimate of drug-likeness (QED) is 0.718. The van der Waals surface area contributed by atoms with E-state index in [4.69, 9.17) is 5.11 Å². The average Bonchev–Trinajstić information content (AvgIpc) is 2.43. The highest BCUT2D eigenvalue weighted by Gasteiger charge is 2.20. The van der Waals surface area contributed by atoms with E-state index in [-0.39, 0.29) is 23.4 Å². The summed E-state index contributed by atoms with van der Waals surface area (Å²) in [7, 11) is 0. The smallest absolute Gasteiger partial charge is 0.332 e. The number of aliphatic carboxylic acids is 2. The van der Waals surface area contributed by atoms with E-state index in [0.717, 1.165) is 0 Å². The minimum absolute atomic E-state index is 0.0627. The number of Topliss-reactive ketones (excluding diaryl/α,β-unsaturated/α-hetero) is 1. The summed E-state index contributed by atoms with van der Waals surface area (Å²) in [5, 5.41) is 18.1. The third kappa shape index (κ3) is 5.22. The third-order valence-corrected chi connectivity index (χ3v) is 2.98. The zero-order valence-electron chi connectivity index (χ0n) is 11.8. The van der Waals surface area contributed by atoms with Crippen molar-refractivity contribution >= 4 is 23.3 Å². The molecule has 0 aromatic heterocycles. The van der Waals surface area contributed by atoms with Gasteiger partial charge >= 0.3 is 11.9 Å². The molecule has 5 nitrogen and oxygen atoms in total. The van der Waals surface area contributed by atoms with Gasteiger partial charge in [-0.25, -0.2) is 4.79 Å². The summed E-state index contributed by atoms with van der Waals surface area (Å²) in [6, 6.07) is 8.57. The van der Waals surface area contributed by atoms with Gasteiger partial charge in [0.2, 0.25) is 0 Å². The van der Waals surface area contributed by atoms with Crippen molar-refractivity contribution in [2.75, 3.05) is 0 Å². The number of carboxylic acids is 2. The molecule has 0 bridgehead atoms. The fourth-order valence-electron chi connectivity index (χ4n) is 2.05. The topological polar surface area (TPSA) is 91.7 Å². The van der Waals surface area contributed by atoms with Crippen LogP contribution in [0.3, 0.4) is 0 Å². The molecule has 0 spiro atoms. The number of carboxylic acid groups (broad SMARTS) is 2. The van der Waals surface area contributed by atoms with Crippen molar-refractivity contribution in [3.8, 4) is 0 Å². The van der Waals surface area contributed by atoms with Crippen LogP contribution < -0.4 is 0 Å². The fraction of sp³-hybridized carbons (Fsp3) is 0.312. The lowest BCUT2D eigenvalue weighted by atomic mass is 9.92. The van der Waals surface area contributed by atoms with Crippen LogP contribution in [0.5, 0.6) is 0 Å². The maximum Gasteiger partial charge on any atom is 0.332 e. The van der Waals surface area contributed by atoms with Crippen LogP contribution >= 0.6 is 0 Å². The fourth-order valence-corrected chi connectivity index (χ4v) is 2.05. The Morgan fingerprint density at radius 3 is 2.10 bits per heavy atom. The number of benzene rings is 1. The number of carbonyl (C=O) groups excluding carboxylic acids is 1. The van der Waals surface area contributed by atoms with Crippen LogP contribution in [0.4, 0.5) is 0 Å². The summed E-state index contributed by atoms with van der Waals surface area (Å²) in [5.41, 5.74) is 0.614. The predicted octanol–water partition coefficient (Wildman–Crippen LogP) is 2.76. The van der Waals surface area contributed by atoms with Crippen LogP contribution in [0.2, 0.25) is 0 Å². The van der Waals surface area contributed by atoms with Crippen molar-refractivity contribution in [1.82, 2.24) is 0 Å². The maximum atomic E-state index is 11.9. The summed E-state index contributed by atoms with van der Waals surface area (Å²) < 4.78 is 0. The van der Waals surface area contributed by atoms with Crippen LogP contribution in [0.1, 0.15) is 38.2 Å². The number of hydrogen-bond acceptors (Lipinski definition) is 3. The first-order chi connectivity index (χ1) is 9.95. The monoisotopic (exact) mass is 290 g/mol. The van der Waals surface area contributed by atoms with Gasteiger partial charge in [0.05, 0.1) is 12.0 Å². The van der Waals surface area contributed by atoms with Crippen molar-refractivity contribution < 1.29 is 24.6 Å². The Morgan fingerprint density at radius 1 is 1.00 bits per heavy atom. The summed E-state index contributed by atoms with van der Waals surface area (Å²) in [4.78, 5) is 34.1. The average molecular weight is 290 g/mol. The molecule has 1 aromatic rings. The molecular weight excluding hydrogens is 272 g/mol. The Morgan fingerprint density at radius 2 is 1.62 bits per heavy atom. The molecule has 0 fully saturated rings. The molecule has 1 rings (SSSR count). The molecule has 1 aromatic carbocycles. The van der Waals surface area contributed by atoms with Gasteiger partial charge in [-0.15, -0.1) is 0 Å². The van der Waals surface area contributed by atoms with Gasteiger partial charge in [0.15, 0.2) is 0 Å². The Bertz CT molecular complexity index is 557. The van der Waals surface area contributed by atoms with Gasteiger partial charge in [-0.1, -0.05) is 37.3 Å². The second-order valence-corrected chi connectivity index (χ2v) is 4.66. The highest BCUT2D eigenvalue weighted by atomic mass is 16.4. The molecule has 0 aliphatic heterocycles. The molecule has 0 saturated heterocycles. The molecule has 0 amide bonds. The second kappa shape index (κ2) is 7.99. The minimum atomic E-state index is -1.31. The summed E-state index contributed by atoms with van der Waals surface area (Å²) in [6.07, 6.45) is 0.338. The number of allylic oxidation sites excluding steroid dienone is 1. The van der Waals surface area contributed by atoms with Crippen molar-refractivity contribution in [1.29, 1.82) is 0 Å². The summed E-state index contributed by atoms with van der Waals surface area (Å²) in [5.74, 6) is -2.63. The first kappa shape index (κ1) is 16.6. The predicted molar refractivity (Wildman–Crippen MR) is 77.8 cm³/mol. The number of rotatable bonds is 8. The largest absolute Gasteiger partial charge is 0.481 e. The molecule has 0 unspecified atom stereocenters. The Hall–Kier alpha value is -2.43. The van der Waals surface area contributed by atoms with Crippen LogP contribution in [0.25, 0.3) is 5.57 Å². The molecule has 0 heterocycles. The number of carbonyl (C=O) groups is 3. The van der Waals surface area contributed by atoms with Crippen molar-refractivity contribution in [3.05, 3.63) is 41.5 Å². The Kier molecular flexibility index (Phi) is 6.33. The van der Waals surface area contributed by atoms with Gasteiger partial charge in [-0.3, -0.25) is 9.59 Å². The van der Waals surface area contributed by atoms with Gasteiger partial charge in [0.25, 0.3) is 0 Å². The lowest BCUT2D eigenvalue weighted by Gasteiger charge is -2.11. The molecule has 0 aliphatic rings. The van der Waals surface area contributed by atoms with E-state index in [9.17, 15) is 19.5 Å². The lowest BCUT2D eigenvalue weighted by molar-refractivity contribution is -0.139. The van der Waals surface area contributed by atoms with E-state index < -0.39 is 18.4 Å². The number of ketones is 1. The molecule has 0 radical (unpaired) electrons. The lowest BCUT2D eigenvalue weighted by Crippen LogP contribution is -2.11. The van der Waals surface area contributed by atoms with E-state index in [1.807, 2.05) is 6.92 Å². The van der Waals surface area contributed by atoms with E-state index in [1.165, 1.54) is 0 Å². The minimum Gasteiger partial charge on any atom is -0.481 e. The molecule has 0 atom stereocenters. The molecule has 21 heavy (non-hydrogen) atoms. The van der Waals surface area contributed by atoms with Gasteiger partial charge in [0.1, 0.15) is 5.78 Å². The van der Waals surface area contributed by atoms with Crippen LogP contribution in [-0.2, 0) is 14.4 Å². The zero-order chi connectivity index (χ0) is 15.8. The molecule has 0 saturated carbocycles. The van der Waals surface area contributed by atoms with Crippen molar-refractivity contribution in [2.24, 2.45) is 0 Å². The summed E-state index contributed by atoms with van der Waals surface area (Å²) in [6.45, 7) is 1.86. The zero-order valence-corrected chi connectivity index (χ0v) is 11.8. The van der Waals surface area contributed by atoms with Crippen LogP contribution in [-0.4, -0.2) is 27.9 Å². The molecule has 5 heteroatoms.